The third kappa shape index (κ3) is 4.66. The summed E-state index contributed by atoms with van der Waals surface area (Å²) in [6, 6.07) is 13.7. The molecule has 0 saturated carbocycles. The number of carboxylic acid groups (broad SMARTS) is 1. The Labute approximate surface area is 211 Å². The molecule has 1 saturated heterocycles. The van der Waals surface area contributed by atoms with E-state index in [9.17, 15) is 15.2 Å². The molecule has 0 aliphatic carbocycles. The summed E-state index contributed by atoms with van der Waals surface area (Å²) in [7, 11) is 0. The molecule has 4 aromatic rings. The number of ether oxygens (including phenoxy) is 2. The van der Waals surface area contributed by atoms with Crippen molar-refractivity contribution in [3.8, 4) is 34.5 Å². The van der Waals surface area contributed by atoms with E-state index in [2.05, 4.69) is 20.9 Å². The van der Waals surface area contributed by atoms with Crippen LogP contribution in [0, 0.1) is 18.3 Å². The SMILES string of the molecule is Cc1ocnc1-c1cc(-c2ccc(N3CCOCC3)cc2)nc(OCc2ccsc2C(=O)O)c1C#N. The zero-order chi connectivity index (χ0) is 25.1. The van der Waals surface area contributed by atoms with Gasteiger partial charge in [0.05, 0.1) is 18.9 Å². The number of aryl methyl sites for hydroxylation is 1. The van der Waals surface area contributed by atoms with Crippen molar-refractivity contribution in [3.63, 3.8) is 0 Å². The highest BCUT2D eigenvalue weighted by atomic mass is 32.1. The van der Waals surface area contributed by atoms with E-state index >= 15 is 0 Å². The predicted octanol–water partition coefficient (Wildman–Crippen LogP) is 4.76. The fraction of sp³-hybridized carbons (Fsp3) is 0.231. The van der Waals surface area contributed by atoms with Crippen molar-refractivity contribution in [2.24, 2.45) is 0 Å². The number of thiophene rings is 1. The molecule has 4 heterocycles. The number of aromatic carboxylic acids is 1. The number of hydrogen-bond donors (Lipinski definition) is 1. The minimum Gasteiger partial charge on any atom is -0.477 e. The lowest BCUT2D eigenvalue weighted by Gasteiger charge is -2.28. The summed E-state index contributed by atoms with van der Waals surface area (Å²) in [5, 5.41) is 21.1. The number of carbonyl (C=O) groups is 1. The summed E-state index contributed by atoms with van der Waals surface area (Å²) in [6.45, 7) is 4.81. The van der Waals surface area contributed by atoms with E-state index in [0.717, 1.165) is 35.7 Å². The first-order valence-electron chi connectivity index (χ1n) is 11.3. The van der Waals surface area contributed by atoms with Crippen molar-refractivity contribution < 1.29 is 23.8 Å². The number of pyridine rings is 1. The van der Waals surface area contributed by atoms with Crippen LogP contribution in [-0.2, 0) is 11.3 Å². The third-order valence-electron chi connectivity index (χ3n) is 5.94. The van der Waals surface area contributed by atoms with Crippen LogP contribution in [0.5, 0.6) is 5.88 Å². The highest BCUT2D eigenvalue weighted by Gasteiger charge is 2.21. The van der Waals surface area contributed by atoms with Crippen molar-refractivity contribution in [3.05, 3.63) is 69.9 Å². The van der Waals surface area contributed by atoms with Gasteiger partial charge < -0.3 is 23.9 Å². The molecule has 36 heavy (non-hydrogen) atoms. The molecule has 10 heteroatoms. The normalized spacial score (nSPS) is 13.4. The van der Waals surface area contributed by atoms with E-state index in [1.165, 1.54) is 6.39 Å². The maximum absolute atomic E-state index is 11.5. The topological polar surface area (TPSA) is 122 Å². The largest absolute Gasteiger partial charge is 0.477 e. The lowest BCUT2D eigenvalue weighted by molar-refractivity contribution is 0.0699. The van der Waals surface area contributed by atoms with Crippen LogP contribution in [-0.4, -0.2) is 47.3 Å². The Morgan fingerprint density at radius 1 is 1.25 bits per heavy atom. The zero-order valence-electron chi connectivity index (χ0n) is 19.4. The first-order chi connectivity index (χ1) is 17.5. The van der Waals surface area contributed by atoms with Crippen molar-refractivity contribution in [2.75, 3.05) is 31.2 Å². The highest BCUT2D eigenvalue weighted by Crippen LogP contribution is 2.35. The molecular formula is C26H22N4O5S. The van der Waals surface area contributed by atoms with Crippen LogP contribution in [0.3, 0.4) is 0 Å². The van der Waals surface area contributed by atoms with E-state index in [-0.39, 0.29) is 22.9 Å². The molecule has 1 N–H and O–H groups in total. The van der Waals surface area contributed by atoms with E-state index in [4.69, 9.17) is 13.9 Å². The number of rotatable bonds is 7. The van der Waals surface area contributed by atoms with Gasteiger partial charge in [0.15, 0.2) is 6.39 Å². The molecule has 1 aromatic carbocycles. The smallest absolute Gasteiger partial charge is 0.346 e. The number of carboxylic acids is 1. The maximum atomic E-state index is 11.5. The minimum atomic E-state index is -1.02. The van der Waals surface area contributed by atoms with Gasteiger partial charge in [-0.3, -0.25) is 0 Å². The summed E-state index contributed by atoms with van der Waals surface area (Å²) in [5.41, 5.74) is 4.30. The third-order valence-corrected chi connectivity index (χ3v) is 6.89. The summed E-state index contributed by atoms with van der Waals surface area (Å²) in [5.74, 6) is -0.361. The van der Waals surface area contributed by atoms with Gasteiger partial charge in [-0.1, -0.05) is 12.1 Å². The number of benzene rings is 1. The lowest BCUT2D eigenvalue weighted by atomic mass is 10.0. The number of aromatic nitrogens is 2. The van der Waals surface area contributed by atoms with Crippen LogP contribution in [0.4, 0.5) is 5.69 Å². The molecule has 0 amide bonds. The second-order valence-corrected chi connectivity index (χ2v) is 9.04. The van der Waals surface area contributed by atoms with Crippen LogP contribution >= 0.6 is 11.3 Å². The second-order valence-electron chi connectivity index (χ2n) is 8.12. The Bertz CT molecular complexity index is 1430. The lowest BCUT2D eigenvalue weighted by Crippen LogP contribution is -2.36. The average Bonchev–Trinajstić information content (AvgIpc) is 3.56. The molecule has 0 atom stereocenters. The van der Waals surface area contributed by atoms with Gasteiger partial charge in [-0.15, -0.1) is 11.3 Å². The molecule has 3 aromatic heterocycles. The van der Waals surface area contributed by atoms with Gasteiger partial charge in [0.1, 0.15) is 34.6 Å². The van der Waals surface area contributed by atoms with Crippen molar-refractivity contribution in [2.45, 2.75) is 13.5 Å². The van der Waals surface area contributed by atoms with Crippen LogP contribution < -0.4 is 9.64 Å². The molecule has 0 bridgehead atoms. The van der Waals surface area contributed by atoms with Crippen LogP contribution in [0.1, 0.15) is 26.6 Å². The van der Waals surface area contributed by atoms with Gasteiger partial charge in [0.25, 0.3) is 0 Å². The molecule has 0 unspecified atom stereocenters. The zero-order valence-corrected chi connectivity index (χ0v) is 20.2. The van der Waals surface area contributed by atoms with Crippen LogP contribution in [0.2, 0.25) is 0 Å². The summed E-state index contributed by atoms with van der Waals surface area (Å²) in [6.07, 6.45) is 1.33. The van der Waals surface area contributed by atoms with Crippen molar-refractivity contribution in [1.29, 1.82) is 5.26 Å². The van der Waals surface area contributed by atoms with Gasteiger partial charge in [0, 0.05) is 35.5 Å². The van der Waals surface area contributed by atoms with Crippen LogP contribution in [0.15, 0.2) is 52.6 Å². The van der Waals surface area contributed by atoms with E-state index in [1.807, 2.05) is 24.3 Å². The predicted molar refractivity (Wildman–Crippen MR) is 133 cm³/mol. The Kier molecular flexibility index (Phi) is 6.66. The second kappa shape index (κ2) is 10.2. The van der Waals surface area contributed by atoms with Crippen molar-refractivity contribution >= 4 is 23.0 Å². The van der Waals surface area contributed by atoms with E-state index < -0.39 is 5.97 Å². The number of oxazole rings is 1. The monoisotopic (exact) mass is 502 g/mol. The molecule has 182 valence electrons. The van der Waals surface area contributed by atoms with Gasteiger partial charge in [-0.25, -0.2) is 14.8 Å². The molecule has 0 spiro atoms. The molecule has 1 aliphatic rings. The Morgan fingerprint density at radius 3 is 2.69 bits per heavy atom. The van der Waals surface area contributed by atoms with Gasteiger partial charge in [-0.05, 0) is 36.6 Å². The van der Waals surface area contributed by atoms with Gasteiger partial charge in [-0.2, -0.15) is 5.26 Å². The molecular weight excluding hydrogens is 480 g/mol. The molecule has 5 rings (SSSR count). The number of morpholine rings is 1. The number of hydrogen-bond acceptors (Lipinski definition) is 9. The maximum Gasteiger partial charge on any atom is 0.346 e. The van der Waals surface area contributed by atoms with E-state index in [0.29, 0.717) is 41.5 Å². The first-order valence-corrected chi connectivity index (χ1v) is 12.1. The van der Waals surface area contributed by atoms with Crippen LogP contribution in [0.25, 0.3) is 22.5 Å². The first kappa shape index (κ1) is 23.5. The molecule has 1 aliphatic heterocycles. The van der Waals surface area contributed by atoms with Crippen molar-refractivity contribution in [1.82, 2.24) is 9.97 Å². The molecule has 1 fully saturated rings. The van der Waals surface area contributed by atoms with E-state index in [1.54, 1.807) is 24.4 Å². The molecule has 0 radical (unpaired) electrons. The Balaban J connectivity index is 1.54. The summed E-state index contributed by atoms with van der Waals surface area (Å²) < 4.78 is 16.8. The number of nitrogens with zero attached hydrogens (tertiary/aromatic N) is 4. The average molecular weight is 503 g/mol. The Hall–Kier alpha value is -4.20. The standard InChI is InChI=1S/C26H22N4O5S/c1-16-23(28-15-35-16)20-12-22(17-2-4-19(5-3-17)30-7-9-33-10-8-30)29-25(21(20)13-27)34-14-18-6-11-36-24(18)26(31)32/h2-6,11-12,15H,7-10,14H2,1H3,(H,31,32). The fourth-order valence-electron chi connectivity index (χ4n) is 4.08. The number of anilines is 1. The summed E-state index contributed by atoms with van der Waals surface area (Å²) in [4.78, 5) is 22.9. The minimum absolute atomic E-state index is 0.0382. The van der Waals surface area contributed by atoms with Gasteiger partial charge in [0.2, 0.25) is 5.88 Å². The fourth-order valence-corrected chi connectivity index (χ4v) is 4.83. The van der Waals surface area contributed by atoms with Gasteiger partial charge >= 0.3 is 5.97 Å². The Morgan fingerprint density at radius 2 is 2.03 bits per heavy atom. The number of nitriles is 1. The quantitative estimate of drug-likeness (QED) is 0.381. The highest BCUT2D eigenvalue weighted by molar-refractivity contribution is 7.12. The molecule has 9 nitrogen and oxygen atoms in total. The summed E-state index contributed by atoms with van der Waals surface area (Å²) >= 11 is 1.12.